The van der Waals surface area contributed by atoms with E-state index in [2.05, 4.69) is 4.72 Å². The van der Waals surface area contributed by atoms with E-state index in [4.69, 9.17) is 9.47 Å². The number of ether oxygens (including phenoxy) is 2. The summed E-state index contributed by atoms with van der Waals surface area (Å²) in [5.74, 6) is 1.21. The van der Waals surface area contributed by atoms with Crippen LogP contribution in [0, 0.1) is 0 Å². The van der Waals surface area contributed by atoms with Crippen LogP contribution in [0.5, 0.6) is 11.5 Å². The van der Waals surface area contributed by atoms with Crippen molar-refractivity contribution in [3.05, 3.63) is 48.5 Å². The molecule has 2 aromatic rings. The minimum Gasteiger partial charge on any atom is -0.497 e. The molecule has 0 aromatic heterocycles. The molecular weight excluding hydrogens is 314 g/mol. The standard InChI is InChI=1S/C17H21NO4S/c1-17(2,3)22-14-8-10-16(11-9-14)23(19,20)18-13-6-5-7-15(12-13)21-4/h5-12,18H,1-4H3. The Morgan fingerprint density at radius 1 is 0.957 bits per heavy atom. The molecule has 0 saturated heterocycles. The van der Waals surface area contributed by atoms with Gasteiger partial charge in [0, 0.05) is 6.07 Å². The molecule has 5 nitrogen and oxygen atoms in total. The zero-order chi connectivity index (χ0) is 17.1. The Kier molecular flexibility index (Phi) is 4.85. The van der Waals surface area contributed by atoms with Gasteiger partial charge in [-0.25, -0.2) is 8.42 Å². The Labute approximate surface area is 137 Å². The lowest BCUT2D eigenvalue weighted by Crippen LogP contribution is -2.23. The van der Waals surface area contributed by atoms with Crippen LogP contribution < -0.4 is 14.2 Å². The summed E-state index contributed by atoms with van der Waals surface area (Å²) in [7, 11) is -2.13. The van der Waals surface area contributed by atoms with Crippen LogP contribution in [0.3, 0.4) is 0 Å². The van der Waals surface area contributed by atoms with Crippen molar-refractivity contribution in [3.8, 4) is 11.5 Å². The molecule has 2 rings (SSSR count). The molecule has 0 radical (unpaired) electrons. The Hall–Kier alpha value is -2.21. The summed E-state index contributed by atoms with van der Waals surface area (Å²) in [6.45, 7) is 5.80. The van der Waals surface area contributed by atoms with Crippen LogP contribution in [0.2, 0.25) is 0 Å². The van der Waals surface area contributed by atoms with Crippen LogP contribution in [0.25, 0.3) is 0 Å². The van der Waals surface area contributed by atoms with E-state index in [0.29, 0.717) is 17.2 Å². The summed E-state index contributed by atoms with van der Waals surface area (Å²) < 4.78 is 38.1. The number of rotatable bonds is 5. The lowest BCUT2D eigenvalue weighted by Gasteiger charge is -2.21. The van der Waals surface area contributed by atoms with Crippen molar-refractivity contribution in [3.63, 3.8) is 0 Å². The van der Waals surface area contributed by atoms with Gasteiger partial charge >= 0.3 is 0 Å². The molecule has 0 aliphatic carbocycles. The summed E-state index contributed by atoms with van der Waals surface area (Å²) in [4.78, 5) is 0.168. The molecule has 2 aromatic carbocycles. The van der Waals surface area contributed by atoms with E-state index in [-0.39, 0.29) is 10.5 Å². The van der Waals surface area contributed by atoms with Gasteiger partial charge in [-0.15, -0.1) is 0 Å². The number of hydrogen-bond acceptors (Lipinski definition) is 4. The lowest BCUT2D eigenvalue weighted by molar-refractivity contribution is 0.131. The molecule has 23 heavy (non-hydrogen) atoms. The summed E-state index contributed by atoms with van der Waals surface area (Å²) in [5.41, 5.74) is 0.110. The zero-order valence-corrected chi connectivity index (χ0v) is 14.5. The topological polar surface area (TPSA) is 64.6 Å². The Bertz CT molecular complexity index is 762. The van der Waals surface area contributed by atoms with Crippen LogP contribution in [0.1, 0.15) is 20.8 Å². The minimum atomic E-state index is -3.66. The third-order valence-corrected chi connectivity index (χ3v) is 4.28. The molecule has 0 heterocycles. The Balaban J connectivity index is 2.19. The van der Waals surface area contributed by atoms with Gasteiger partial charge in [-0.3, -0.25) is 4.72 Å². The monoisotopic (exact) mass is 335 g/mol. The summed E-state index contributed by atoms with van der Waals surface area (Å²) in [5, 5.41) is 0. The van der Waals surface area contributed by atoms with Crippen LogP contribution in [-0.2, 0) is 10.0 Å². The molecule has 0 aliphatic heterocycles. The van der Waals surface area contributed by atoms with Gasteiger partial charge in [0.2, 0.25) is 0 Å². The van der Waals surface area contributed by atoms with E-state index >= 15 is 0 Å². The second kappa shape index (κ2) is 6.50. The molecule has 0 atom stereocenters. The van der Waals surface area contributed by atoms with Crippen LogP contribution in [0.15, 0.2) is 53.4 Å². The predicted molar refractivity (Wildman–Crippen MR) is 90.6 cm³/mol. The van der Waals surface area contributed by atoms with Crippen LogP contribution in [0.4, 0.5) is 5.69 Å². The summed E-state index contributed by atoms with van der Waals surface area (Å²) in [6.07, 6.45) is 0. The van der Waals surface area contributed by atoms with E-state index in [0.717, 1.165) is 0 Å². The fraction of sp³-hybridized carbons (Fsp3) is 0.294. The van der Waals surface area contributed by atoms with E-state index in [1.54, 1.807) is 36.4 Å². The van der Waals surface area contributed by atoms with E-state index < -0.39 is 10.0 Å². The maximum Gasteiger partial charge on any atom is 0.261 e. The number of sulfonamides is 1. The molecule has 0 spiro atoms. The van der Waals surface area contributed by atoms with Crippen molar-refractivity contribution in [1.82, 2.24) is 0 Å². The van der Waals surface area contributed by atoms with Crippen molar-refractivity contribution in [1.29, 1.82) is 0 Å². The molecule has 6 heteroatoms. The molecule has 124 valence electrons. The molecule has 0 amide bonds. The number of benzene rings is 2. The SMILES string of the molecule is COc1cccc(NS(=O)(=O)c2ccc(OC(C)(C)C)cc2)c1. The first-order chi connectivity index (χ1) is 10.7. The highest BCUT2D eigenvalue weighted by Gasteiger charge is 2.16. The Morgan fingerprint density at radius 3 is 2.17 bits per heavy atom. The normalized spacial score (nSPS) is 11.8. The van der Waals surface area contributed by atoms with Gasteiger partial charge in [-0.1, -0.05) is 6.07 Å². The molecule has 1 N–H and O–H groups in total. The fourth-order valence-corrected chi connectivity index (χ4v) is 2.99. The quantitative estimate of drug-likeness (QED) is 0.905. The first-order valence-electron chi connectivity index (χ1n) is 7.15. The maximum atomic E-state index is 12.4. The first kappa shape index (κ1) is 17.1. The molecule has 0 bridgehead atoms. The van der Waals surface area contributed by atoms with Gasteiger partial charge in [0.15, 0.2) is 0 Å². The zero-order valence-electron chi connectivity index (χ0n) is 13.7. The van der Waals surface area contributed by atoms with Gasteiger partial charge in [-0.05, 0) is 57.2 Å². The third kappa shape index (κ3) is 4.89. The van der Waals surface area contributed by atoms with Crippen molar-refractivity contribution < 1.29 is 17.9 Å². The highest BCUT2D eigenvalue weighted by molar-refractivity contribution is 7.92. The van der Waals surface area contributed by atoms with Crippen molar-refractivity contribution in [2.45, 2.75) is 31.3 Å². The lowest BCUT2D eigenvalue weighted by atomic mass is 10.2. The molecule has 0 aliphatic rings. The number of nitrogens with one attached hydrogen (secondary N) is 1. The number of methoxy groups -OCH3 is 1. The molecule has 0 unspecified atom stereocenters. The second-order valence-corrected chi connectivity index (χ2v) is 7.71. The molecule has 0 fully saturated rings. The summed E-state index contributed by atoms with van der Waals surface area (Å²) >= 11 is 0. The summed E-state index contributed by atoms with van der Waals surface area (Å²) in [6, 6.07) is 13.1. The molecule has 0 saturated carbocycles. The Morgan fingerprint density at radius 2 is 1.61 bits per heavy atom. The number of anilines is 1. The van der Waals surface area contributed by atoms with Gasteiger partial charge in [0.05, 0.1) is 17.7 Å². The number of hydrogen-bond donors (Lipinski definition) is 1. The predicted octanol–water partition coefficient (Wildman–Crippen LogP) is 3.67. The molecular formula is C17H21NO4S. The smallest absolute Gasteiger partial charge is 0.261 e. The van der Waals surface area contributed by atoms with E-state index in [1.807, 2.05) is 20.8 Å². The fourth-order valence-electron chi connectivity index (χ4n) is 1.94. The van der Waals surface area contributed by atoms with E-state index in [9.17, 15) is 8.42 Å². The average molecular weight is 335 g/mol. The minimum absolute atomic E-state index is 0.168. The van der Waals surface area contributed by atoms with E-state index in [1.165, 1.54) is 19.2 Å². The first-order valence-corrected chi connectivity index (χ1v) is 8.64. The van der Waals surface area contributed by atoms with Gasteiger partial charge in [-0.2, -0.15) is 0 Å². The largest absolute Gasteiger partial charge is 0.497 e. The van der Waals surface area contributed by atoms with Crippen LogP contribution >= 0.6 is 0 Å². The second-order valence-electron chi connectivity index (χ2n) is 6.02. The van der Waals surface area contributed by atoms with Gasteiger partial charge in [0.25, 0.3) is 10.0 Å². The van der Waals surface area contributed by atoms with Crippen LogP contribution in [-0.4, -0.2) is 21.1 Å². The van der Waals surface area contributed by atoms with Gasteiger partial charge in [0.1, 0.15) is 17.1 Å². The highest BCUT2D eigenvalue weighted by Crippen LogP contribution is 2.23. The van der Waals surface area contributed by atoms with Crippen molar-refractivity contribution in [2.75, 3.05) is 11.8 Å². The van der Waals surface area contributed by atoms with Gasteiger partial charge < -0.3 is 9.47 Å². The van der Waals surface area contributed by atoms with Crippen molar-refractivity contribution >= 4 is 15.7 Å². The third-order valence-electron chi connectivity index (χ3n) is 2.88. The average Bonchev–Trinajstić information content (AvgIpc) is 2.46. The van der Waals surface area contributed by atoms with Crippen molar-refractivity contribution in [2.24, 2.45) is 0 Å². The maximum absolute atomic E-state index is 12.4. The highest BCUT2D eigenvalue weighted by atomic mass is 32.2.